The van der Waals surface area contributed by atoms with E-state index in [1.165, 1.54) is 0 Å². The highest BCUT2D eigenvalue weighted by Crippen LogP contribution is 2.30. The minimum absolute atomic E-state index is 0.218. The zero-order chi connectivity index (χ0) is 14.5. The summed E-state index contributed by atoms with van der Waals surface area (Å²) in [6.07, 6.45) is 2.44. The molecular weight excluding hydrogens is 254 g/mol. The molecule has 1 aromatic carbocycles. The molecule has 1 fully saturated rings. The Morgan fingerprint density at radius 2 is 2.10 bits per heavy atom. The van der Waals surface area contributed by atoms with Gasteiger partial charge >= 0.3 is 0 Å². The highest BCUT2D eigenvalue weighted by atomic mass is 16.5. The molecule has 1 aliphatic heterocycles. The van der Waals surface area contributed by atoms with Crippen molar-refractivity contribution >= 4 is 0 Å². The average molecular weight is 279 g/mol. The fourth-order valence-electron chi connectivity index (χ4n) is 2.77. The molecule has 3 atom stereocenters. The Labute approximate surface area is 121 Å². The quantitative estimate of drug-likeness (QED) is 0.899. The van der Waals surface area contributed by atoms with Crippen LogP contribution >= 0.6 is 0 Å². The van der Waals surface area contributed by atoms with Gasteiger partial charge in [0.2, 0.25) is 0 Å². The van der Waals surface area contributed by atoms with Crippen LogP contribution in [0.4, 0.5) is 0 Å². The molecule has 2 rings (SSSR count). The van der Waals surface area contributed by atoms with Crippen LogP contribution in [0.15, 0.2) is 18.2 Å². The molecule has 0 spiro atoms. The van der Waals surface area contributed by atoms with Gasteiger partial charge in [0, 0.05) is 24.3 Å². The van der Waals surface area contributed by atoms with Gasteiger partial charge in [-0.1, -0.05) is 0 Å². The highest BCUT2D eigenvalue weighted by molar-refractivity contribution is 5.42. The first-order valence-corrected chi connectivity index (χ1v) is 7.23. The minimum Gasteiger partial charge on any atom is -0.497 e. The van der Waals surface area contributed by atoms with Crippen LogP contribution in [0.3, 0.4) is 0 Å². The maximum Gasteiger partial charge on any atom is 0.123 e. The third kappa shape index (κ3) is 3.64. The third-order valence-electron chi connectivity index (χ3n) is 3.87. The van der Waals surface area contributed by atoms with E-state index in [0.717, 1.165) is 36.5 Å². The summed E-state index contributed by atoms with van der Waals surface area (Å²) in [7, 11) is 3.39. The number of benzene rings is 1. The Kier molecular flexibility index (Phi) is 5.26. The second-order valence-corrected chi connectivity index (χ2v) is 5.40. The maximum atomic E-state index is 5.59. The predicted octanol–water partition coefficient (Wildman–Crippen LogP) is 2.92. The normalized spacial score (nSPS) is 24.2. The number of nitrogens with one attached hydrogen (secondary N) is 1. The third-order valence-corrected chi connectivity index (χ3v) is 3.87. The summed E-state index contributed by atoms with van der Waals surface area (Å²) in [5.41, 5.74) is 1.13. The first-order chi connectivity index (χ1) is 9.63. The molecule has 0 aromatic heterocycles. The van der Waals surface area contributed by atoms with Crippen molar-refractivity contribution < 1.29 is 14.2 Å². The monoisotopic (exact) mass is 279 g/mol. The first kappa shape index (κ1) is 15.1. The number of rotatable bonds is 5. The molecule has 4 nitrogen and oxygen atoms in total. The molecule has 0 saturated carbocycles. The lowest BCUT2D eigenvalue weighted by atomic mass is 10.0. The summed E-state index contributed by atoms with van der Waals surface area (Å²) in [6.45, 7) is 5.13. The molecule has 1 aromatic rings. The zero-order valence-corrected chi connectivity index (χ0v) is 12.8. The smallest absolute Gasteiger partial charge is 0.123 e. The lowest BCUT2D eigenvalue weighted by molar-refractivity contribution is 0.0115. The van der Waals surface area contributed by atoms with E-state index >= 15 is 0 Å². The summed E-state index contributed by atoms with van der Waals surface area (Å²) in [5.74, 6) is 1.75. The number of hydrogen-bond acceptors (Lipinski definition) is 4. The van der Waals surface area contributed by atoms with E-state index in [-0.39, 0.29) is 6.04 Å². The van der Waals surface area contributed by atoms with Gasteiger partial charge in [-0.05, 0) is 44.9 Å². The van der Waals surface area contributed by atoms with Crippen LogP contribution < -0.4 is 14.8 Å². The molecule has 0 bridgehead atoms. The lowest BCUT2D eigenvalue weighted by Gasteiger charge is -2.31. The van der Waals surface area contributed by atoms with Crippen LogP contribution in [0.1, 0.15) is 38.3 Å². The van der Waals surface area contributed by atoms with Crippen LogP contribution in [-0.2, 0) is 4.74 Å². The maximum absolute atomic E-state index is 5.59. The van der Waals surface area contributed by atoms with E-state index in [4.69, 9.17) is 14.2 Å². The van der Waals surface area contributed by atoms with Gasteiger partial charge in [0.1, 0.15) is 11.5 Å². The highest BCUT2D eigenvalue weighted by Gasteiger charge is 2.22. The van der Waals surface area contributed by atoms with Gasteiger partial charge in [-0.25, -0.2) is 0 Å². The van der Waals surface area contributed by atoms with Crippen LogP contribution in [0.2, 0.25) is 0 Å². The van der Waals surface area contributed by atoms with E-state index in [2.05, 4.69) is 19.2 Å². The molecule has 4 heteroatoms. The van der Waals surface area contributed by atoms with Crippen molar-refractivity contribution in [1.82, 2.24) is 5.32 Å². The molecule has 20 heavy (non-hydrogen) atoms. The Balaban J connectivity index is 2.09. The second kappa shape index (κ2) is 6.95. The van der Waals surface area contributed by atoms with Gasteiger partial charge in [0.05, 0.1) is 20.3 Å². The molecular formula is C16H25NO3. The van der Waals surface area contributed by atoms with Crippen LogP contribution in [0.25, 0.3) is 0 Å². The van der Waals surface area contributed by atoms with Gasteiger partial charge in [0.25, 0.3) is 0 Å². The molecule has 1 N–H and O–H groups in total. The Morgan fingerprint density at radius 3 is 2.75 bits per heavy atom. The van der Waals surface area contributed by atoms with E-state index in [1.807, 2.05) is 18.2 Å². The molecule has 1 saturated heterocycles. The van der Waals surface area contributed by atoms with Crippen LogP contribution in [0.5, 0.6) is 11.5 Å². The minimum atomic E-state index is 0.218. The topological polar surface area (TPSA) is 39.7 Å². The Hall–Kier alpha value is -1.26. The largest absolute Gasteiger partial charge is 0.497 e. The summed E-state index contributed by atoms with van der Waals surface area (Å²) in [4.78, 5) is 0. The van der Waals surface area contributed by atoms with Crippen LogP contribution in [-0.4, -0.2) is 33.0 Å². The van der Waals surface area contributed by atoms with Crippen molar-refractivity contribution in [3.05, 3.63) is 23.8 Å². The van der Waals surface area contributed by atoms with Gasteiger partial charge in [-0.15, -0.1) is 0 Å². The van der Waals surface area contributed by atoms with Crippen molar-refractivity contribution in [3.63, 3.8) is 0 Å². The predicted molar refractivity (Wildman–Crippen MR) is 79.5 cm³/mol. The SMILES string of the molecule is COc1ccc(OC)c(C(C)NC2CCOC(C)C2)c1. The molecule has 112 valence electrons. The fourth-order valence-corrected chi connectivity index (χ4v) is 2.77. The van der Waals surface area contributed by atoms with E-state index in [1.54, 1.807) is 14.2 Å². The molecule has 0 amide bonds. The van der Waals surface area contributed by atoms with Crippen molar-refractivity contribution in [2.45, 2.75) is 44.9 Å². The Bertz CT molecular complexity index is 436. The zero-order valence-electron chi connectivity index (χ0n) is 12.8. The van der Waals surface area contributed by atoms with Crippen molar-refractivity contribution in [2.75, 3.05) is 20.8 Å². The van der Waals surface area contributed by atoms with Gasteiger partial charge in [0.15, 0.2) is 0 Å². The molecule has 3 unspecified atom stereocenters. The molecule has 1 heterocycles. The van der Waals surface area contributed by atoms with Gasteiger partial charge in [-0.2, -0.15) is 0 Å². The van der Waals surface area contributed by atoms with Gasteiger partial charge < -0.3 is 19.5 Å². The van der Waals surface area contributed by atoms with Crippen molar-refractivity contribution in [2.24, 2.45) is 0 Å². The van der Waals surface area contributed by atoms with Crippen molar-refractivity contribution in [1.29, 1.82) is 0 Å². The van der Waals surface area contributed by atoms with E-state index < -0.39 is 0 Å². The summed E-state index contributed by atoms with van der Waals surface area (Å²) in [6, 6.07) is 6.63. The van der Waals surface area contributed by atoms with Gasteiger partial charge in [-0.3, -0.25) is 0 Å². The standard InChI is InChI=1S/C16H25NO3/c1-11-9-13(7-8-20-11)17-12(2)15-10-14(18-3)5-6-16(15)19-4/h5-6,10-13,17H,7-9H2,1-4H3. The lowest BCUT2D eigenvalue weighted by Crippen LogP contribution is -2.39. The average Bonchev–Trinajstić information content (AvgIpc) is 2.46. The first-order valence-electron chi connectivity index (χ1n) is 7.23. The molecule has 0 radical (unpaired) electrons. The van der Waals surface area contributed by atoms with E-state index in [9.17, 15) is 0 Å². The van der Waals surface area contributed by atoms with Crippen LogP contribution in [0, 0.1) is 0 Å². The summed E-state index contributed by atoms with van der Waals surface area (Å²) >= 11 is 0. The fraction of sp³-hybridized carbons (Fsp3) is 0.625. The second-order valence-electron chi connectivity index (χ2n) is 5.40. The summed E-state index contributed by atoms with van der Waals surface area (Å²) < 4.78 is 16.4. The number of methoxy groups -OCH3 is 2. The molecule has 0 aliphatic carbocycles. The number of ether oxygens (including phenoxy) is 3. The number of hydrogen-bond donors (Lipinski definition) is 1. The Morgan fingerprint density at radius 1 is 1.30 bits per heavy atom. The van der Waals surface area contributed by atoms with Crippen molar-refractivity contribution in [3.8, 4) is 11.5 Å². The summed E-state index contributed by atoms with van der Waals surface area (Å²) in [5, 5.41) is 3.68. The van der Waals surface area contributed by atoms with E-state index in [0.29, 0.717) is 12.1 Å². The molecule has 1 aliphatic rings.